The first-order valence-electron chi connectivity index (χ1n) is 5.26. The summed E-state index contributed by atoms with van der Waals surface area (Å²) in [5.41, 5.74) is 5.28. The van der Waals surface area contributed by atoms with E-state index in [4.69, 9.17) is 27.5 Å². The molecule has 20 heavy (non-hydrogen) atoms. The zero-order valence-electron chi connectivity index (χ0n) is 9.91. The minimum Gasteiger partial charge on any atom is -0.424 e. The number of nitrogen functional groups attached to an aromatic ring is 1. The van der Waals surface area contributed by atoms with E-state index in [1.54, 1.807) is 0 Å². The normalized spacial score (nSPS) is 10.1. The zero-order valence-corrected chi connectivity index (χ0v) is 10.7. The third-order valence-corrected chi connectivity index (χ3v) is 2.54. The van der Waals surface area contributed by atoms with E-state index < -0.39 is 4.92 Å². The van der Waals surface area contributed by atoms with E-state index in [1.807, 2.05) is 0 Å². The van der Waals surface area contributed by atoms with Gasteiger partial charge in [0.2, 0.25) is 0 Å². The van der Waals surface area contributed by atoms with Crippen LogP contribution in [0.3, 0.4) is 0 Å². The van der Waals surface area contributed by atoms with E-state index in [0.29, 0.717) is 0 Å². The first-order valence-corrected chi connectivity index (χ1v) is 5.64. The lowest BCUT2D eigenvalue weighted by molar-refractivity contribution is -0.384. The maximum atomic E-state index is 10.6. The summed E-state index contributed by atoms with van der Waals surface area (Å²) in [5, 5.41) is 17.8. The SMILES string of the molecule is N=C(N)c1ccnc(Oc2ccc([N+](=O)[O-])c(Cl)c2)n1. The molecule has 3 N–H and O–H groups in total. The van der Waals surface area contributed by atoms with Gasteiger partial charge in [0.15, 0.2) is 0 Å². The first-order chi connectivity index (χ1) is 9.47. The van der Waals surface area contributed by atoms with Crippen molar-refractivity contribution in [2.75, 3.05) is 0 Å². The Balaban J connectivity index is 2.26. The van der Waals surface area contributed by atoms with Crippen molar-refractivity contribution in [1.82, 2.24) is 9.97 Å². The molecule has 0 bridgehead atoms. The van der Waals surface area contributed by atoms with E-state index in [-0.39, 0.29) is 34.0 Å². The Morgan fingerprint density at radius 2 is 2.20 bits per heavy atom. The zero-order chi connectivity index (χ0) is 14.7. The lowest BCUT2D eigenvalue weighted by atomic mass is 10.3. The molecule has 0 aliphatic carbocycles. The monoisotopic (exact) mass is 293 g/mol. The Hall–Kier alpha value is -2.74. The molecule has 0 radical (unpaired) electrons. The van der Waals surface area contributed by atoms with Gasteiger partial charge in [-0.2, -0.15) is 4.98 Å². The fraction of sp³-hybridized carbons (Fsp3) is 0. The fourth-order valence-electron chi connectivity index (χ4n) is 1.34. The smallest absolute Gasteiger partial charge is 0.322 e. The molecule has 0 aliphatic rings. The van der Waals surface area contributed by atoms with Crippen molar-refractivity contribution < 1.29 is 9.66 Å². The largest absolute Gasteiger partial charge is 0.424 e. The van der Waals surface area contributed by atoms with Crippen LogP contribution in [0.1, 0.15) is 5.69 Å². The maximum Gasteiger partial charge on any atom is 0.322 e. The Kier molecular flexibility index (Phi) is 3.76. The van der Waals surface area contributed by atoms with E-state index in [1.165, 1.54) is 30.5 Å². The average Bonchev–Trinajstić information content (AvgIpc) is 2.38. The summed E-state index contributed by atoms with van der Waals surface area (Å²) in [6.07, 6.45) is 1.38. The van der Waals surface area contributed by atoms with Gasteiger partial charge in [-0.3, -0.25) is 15.5 Å². The molecule has 2 aromatic rings. The first kappa shape index (κ1) is 13.7. The fourth-order valence-corrected chi connectivity index (χ4v) is 1.58. The van der Waals surface area contributed by atoms with E-state index >= 15 is 0 Å². The number of nitrogens with zero attached hydrogens (tertiary/aromatic N) is 3. The Labute approximate surface area is 117 Å². The van der Waals surface area contributed by atoms with Crippen LogP contribution in [-0.2, 0) is 0 Å². The number of ether oxygens (including phenoxy) is 1. The summed E-state index contributed by atoms with van der Waals surface area (Å²) in [4.78, 5) is 17.8. The summed E-state index contributed by atoms with van der Waals surface area (Å²) in [6.45, 7) is 0. The second-order valence-corrected chi connectivity index (χ2v) is 4.02. The van der Waals surface area contributed by atoms with Gasteiger partial charge in [-0.25, -0.2) is 4.98 Å². The van der Waals surface area contributed by atoms with Crippen LogP contribution in [0.2, 0.25) is 5.02 Å². The van der Waals surface area contributed by atoms with Gasteiger partial charge in [-0.05, 0) is 12.1 Å². The average molecular weight is 294 g/mol. The highest BCUT2D eigenvalue weighted by atomic mass is 35.5. The van der Waals surface area contributed by atoms with Crippen molar-refractivity contribution in [1.29, 1.82) is 5.41 Å². The molecule has 0 saturated carbocycles. The number of amidine groups is 1. The van der Waals surface area contributed by atoms with Gasteiger partial charge in [-0.15, -0.1) is 0 Å². The van der Waals surface area contributed by atoms with Crippen LogP contribution in [-0.4, -0.2) is 20.7 Å². The topological polar surface area (TPSA) is 128 Å². The number of nitro benzene ring substituents is 1. The summed E-state index contributed by atoms with van der Waals surface area (Å²) in [7, 11) is 0. The number of aromatic nitrogens is 2. The molecule has 0 atom stereocenters. The second kappa shape index (κ2) is 5.49. The number of hydrogen-bond donors (Lipinski definition) is 2. The molecule has 8 nitrogen and oxygen atoms in total. The number of halogens is 1. The summed E-state index contributed by atoms with van der Waals surface area (Å²) in [5.74, 6) is 0.0142. The minimum atomic E-state index is -0.598. The Morgan fingerprint density at radius 3 is 2.80 bits per heavy atom. The number of nitrogens with two attached hydrogens (primary N) is 1. The molecule has 0 amide bonds. The van der Waals surface area contributed by atoms with E-state index in [0.717, 1.165) is 0 Å². The van der Waals surface area contributed by atoms with Crippen LogP contribution in [0.5, 0.6) is 11.8 Å². The van der Waals surface area contributed by atoms with Gasteiger partial charge >= 0.3 is 6.01 Å². The molecule has 1 aromatic carbocycles. The van der Waals surface area contributed by atoms with Crippen molar-refractivity contribution in [2.45, 2.75) is 0 Å². The predicted octanol–water partition coefficient (Wildman–Crippen LogP) is 2.11. The third kappa shape index (κ3) is 2.98. The van der Waals surface area contributed by atoms with Gasteiger partial charge in [0.1, 0.15) is 22.3 Å². The van der Waals surface area contributed by atoms with E-state index in [9.17, 15) is 10.1 Å². The molecule has 2 rings (SSSR count). The molecular weight excluding hydrogens is 286 g/mol. The van der Waals surface area contributed by atoms with Crippen molar-refractivity contribution >= 4 is 23.1 Å². The van der Waals surface area contributed by atoms with Crippen LogP contribution in [0, 0.1) is 15.5 Å². The van der Waals surface area contributed by atoms with Gasteiger partial charge in [0.05, 0.1) is 4.92 Å². The maximum absolute atomic E-state index is 10.6. The highest BCUT2D eigenvalue weighted by molar-refractivity contribution is 6.32. The third-order valence-electron chi connectivity index (χ3n) is 2.23. The van der Waals surface area contributed by atoms with Crippen LogP contribution < -0.4 is 10.5 Å². The van der Waals surface area contributed by atoms with Gasteiger partial charge in [0.25, 0.3) is 5.69 Å². The quantitative estimate of drug-likeness (QED) is 0.384. The number of nitrogens with one attached hydrogen (secondary N) is 1. The standard InChI is InChI=1S/C11H8ClN5O3/c12-7-5-6(1-2-9(7)17(18)19)20-11-15-4-3-8(16-11)10(13)14/h1-5H,(H3,13,14). The van der Waals surface area contributed by atoms with Crippen molar-refractivity contribution in [2.24, 2.45) is 5.73 Å². The van der Waals surface area contributed by atoms with E-state index in [2.05, 4.69) is 9.97 Å². The molecule has 0 aliphatic heterocycles. The van der Waals surface area contributed by atoms with Gasteiger partial charge < -0.3 is 10.5 Å². The summed E-state index contributed by atoms with van der Waals surface area (Å²) in [6, 6.07) is 5.28. The molecule has 0 saturated heterocycles. The van der Waals surface area contributed by atoms with Gasteiger partial charge in [0, 0.05) is 18.3 Å². The highest BCUT2D eigenvalue weighted by Crippen LogP contribution is 2.29. The van der Waals surface area contributed by atoms with Crippen LogP contribution in [0.15, 0.2) is 30.5 Å². The lowest BCUT2D eigenvalue weighted by Crippen LogP contribution is -2.13. The molecule has 0 fully saturated rings. The molecule has 0 unspecified atom stereocenters. The Bertz CT molecular complexity index is 692. The van der Waals surface area contributed by atoms with Crippen LogP contribution >= 0.6 is 11.6 Å². The number of nitro groups is 1. The molecule has 9 heteroatoms. The highest BCUT2D eigenvalue weighted by Gasteiger charge is 2.13. The summed E-state index contributed by atoms with van der Waals surface area (Å²) < 4.78 is 5.30. The van der Waals surface area contributed by atoms with Gasteiger partial charge in [-0.1, -0.05) is 11.6 Å². The molecule has 1 aromatic heterocycles. The van der Waals surface area contributed by atoms with Crippen LogP contribution in [0.4, 0.5) is 5.69 Å². The Morgan fingerprint density at radius 1 is 1.45 bits per heavy atom. The minimum absolute atomic E-state index is 0.0392. The molecule has 102 valence electrons. The molecule has 0 spiro atoms. The number of rotatable bonds is 4. The lowest BCUT2D eigenvalue weighted by Gasteiger charge is -2.05. The second-order valence-electron chi connectivity index (χ2n) is 3.61. The van der Waals surface area contributed by atoms with Crippen molar-refractivity contribution in [3.05, 3.63) is 51.3 Å². The molecule has 1 heterocycles. The number of hydrogen-bond acceptors (Lipinski definition) is 6. The van der Waals surface area contributed by atoms with Crippen LogP contribution in [0.25, 0.3) is 0 Å². The van der Waals surface area contributed by atoms with Crippen molar-refractivity contribution in [3.8, 4) is 11.8 Å². The number of benzene rings is 1. The predicted molar refractivity (Wildman–Crippen MR) is 71.2 cm³/mol. The molecular formula is C11H8ClN5O3. The summed E-state index contributed by atoms with van der Waals surface area (Å²) >= 11 is 5.76. The van der Waals surface area contributed by atoms with Crippen molar-refractivity contribution in [3.63, 3.8) is 0 Å².